The molecule has 0 bridgehead atoms. The molecule has 53 heavy (non-hydrogen) atoms. The quantitative estimate of drug-likeness (QED) is 0.180. The number of aliphatic hydroxyl groups excluding tert-OH is 1. The minimum Gasteiger partial charge on any atom is -0.497 e. The first-order valence-corrected chi connectivity index (χ1v) is 18.3. The van der Waals surface area contributed by atoms with Gasteiger partial charge in [-0.1, -0.05) is 93.6 Å². The number of benzene rings is 4. The van der Waals surface area contributed by atoms with E-state index in [9.17, 15) is 14.7 Å². The van der Waals surface area contributed by atoms with Crippen LogP contribution in [0.5, 0.6) is 5.75 Å². The van der Waals surface area contributed by atoms with Gasteiger partial charge in [0.15, 0.2) is 5.60 Å². The van der Waals surface area contributed by atoms with Crippen molar-refractivity contribution in [1.82, 2.24) is 4.90 Å². The monoisotopic (exact) mass is 717 g/mol. The zero-order valence-corrected chi connectivity index (χ0v) is 30.7. The number of rotatable bonds is 12. The maximum atomic E-state index is 15.3. The highest BCUT2D eigenvalue weighted by Crippen LogP contribution is 2.60. The fraction of sp³-hybridized carbons (Fsp3) is 0.372. The van der Waals surface area contributed by atoms with E-state index in [0.717, 1.165) is 22.4 Å². The summed E-state index contributed by atoms with van der Waals surface area (Å²) in [4.78, 5) is 47.4. The number of methoxy groups -OCH3 is 1. The second-order valence-electron chi connectivity index (χ2n) is 14.7. The summed E-state index contributed by atoms with van der Waals surface area (Å²) in [7, 11) is 1.63. The van der Waals surface area contributed by atoms with Gasteiger partial charge in [0.1, 0.15) is 12.4 Å². The highest BCUT2D eigenvalue weighted by Gasteiger charge is 2.66. The summed E-state index contributed by atoms with van der Waals surface area (Å²) in [6.07, 6.45) is -1.11. The number of carbonyl (C=O) groups is 3. The first-order valence-electron chi connectivity index (χ1n) is 18.3. The van der Waals surface area contributed by atoms with E-state index < -0.39 is 29.1 Å². The van der Waals surface area contributed by atoms with Gasteiger partial charge < -0.3 is 29.1 Å². The van der Waals surface area contributed by atoms with Crippen molar-refractivity contribution >= 4 is 29.3 Å². The highest BCUT2D eigenvalue weighted by atomic mass is 16.6. The smallest absolute Gasteiger partial charge is 0.414 e. The Hall–Kier alpha value is -5.19. The number of nitrogens with zero attached hydrogens (tertiary/aromatic N) is 3. The maximum absolute atomic E-state index is 15.3. The highest BCUT2D eigenvalue weighted by molar-refractivity contribution is 6.08. The normalized spacial score (nSPS) is 22.3. The number of aliphatic hydroxyl groups is 1. The summed E-state index contributed by atoms with van der Waals surface area (Å²) in [6.45, 7) is 7.66. The van der Waals surface area contributed by atoms with Gasteiger partial charge in [-0.25, -0.2) is 4.79 Å². The summed E-state index contributed by atoms with van der Waals surface area (Å²) in [5.41, 5.74) is 2.90. The Kier molecular flexibility index (Phi) is 10.0. The molecular formula is C43H47N3O7. The molecule has 1 spiro atoms. The molecule has 3 amide bonds. The van der Waals surface area contributed by atoms with Gasteiger partial charge in [-0.15, -0.1) is 0 Å². The second-order valence-corrected chi connectivity index (χ2v) is 14.7. The van der Waals surface area contributed by atoms with Crippen molar-refractivity contribution in [3.63, 3.8) is 0 Å². The van der Waals surface area contributed by atoms with Gasteiger partial charge in [-0.3, -0.25) is 14.5 Å². The van der Waals surface area contributed by atoms with Crippen LogP contribution in [0.1, 0.15) is 49.4 Å². The summed E-state index contributed by atoms with van der Waals surface area (Å²) in [5, 5.41) is 10.0. The van der Waals surface area contributed by atoms with E-state index in [4.69, 9.17) is 14.2 Å². The molecule has 0 radical (unpaired) electrons. The van der Waals surface area contributed by atoms with E-state index in [-0.39, 0.29) is 43.9 Å². The minimum atomic E-state index is -1.45. The molecule has 3 aliphatic rings. The lowest BCUT2D eigenvalue weighted by Crippen LogP contribution is -2.45. The van der Waals surface area contributed by atoms with E-state index >= 15 is 4.79 Å². The van der Waals surface area contributed by atoms with Gasteiger partial charge in [0, 0.05) is 36.2 Å². The Balaban J connectivity index is 1.34. The van der Waals surface area contributed by atoms with E-state index in [1.807, 2.05) is 103 Å². The van der Waals surface area contributed by atoms with Crippen LogP contribution >= 0.6 is 0 Å². The van der Waals surface area contributed by atoms with Crippen molar-refractivity contribution in [2.75, 3.05) is 43.2 Å². The van der Waals surface area contributed by atoms with Crippen LogP contribution in [-0.4, -0.2) is 67.4 Å². The summed E-state index contributed by atoms with van der Waals surface area (Å²) < 4.78 is 18.0. The van der Waals surface area contributed by atoms with Crippen molar-refractivity contribution < 1.29 is 33.7 Å². The van der Waals surface area contributed by atoms with Gasteiger partial charge in [0.2, 0.25) is 5.91 Å². The molecule has 0 aliphatic carbocycles. The number of amides is 3. The van der Waals surface area contributed by atoms with Crippen LogP contribution in [0.4, 0.5) is 16.2 Å². The molecule has 2 fully saturated rings. The molecule has 7 rings (SSSR count). The molecule has 0 saturated carbocycles. The summed E-state index contributed by atoms with van der Waals surface area (Å²) in [6, 6.07) is 33.1. The van der Waals surface area contributed by atoms with Gasteiger partial charge >= 0.3 is 6.09 Å². The lowest BCUT2D eigenvalue weighted by molar-refractivity contribution is -0.150. The van der Waals surface area contributed by atoms with Crippen LogP contribution in [-0.2, 0) is 43.2 Å². The van der Waals surface area contributed by atoms with E-state index in [0.29, 0.717) is 36.6 Å². The van der Waals surface area contributed by atoms with Gasteiger partial charge in [-0.2, -0.15) is 0 Å². The van der Waals surface area contributed by atoms with Gasteiger partial charge in [0.05, 0.1) is 45.0 Å². The van der Waals surface area contributed by atoms with Crippen LogP contribution in [0.25, 0.3) is 0 Å². The fourth-order valence-electron chi connectivity index (χ4n) is 8.74. The molecule has 1 N–H and O–H groups in total. The lowest BCUT2D eigenvalue weighted by Gasteiger charge is -2.39. The summed E-state index contributed by atoms with van der Waals surface area (Å²) in [5.74, 6) is -0.375. The Morgan fingerprint density at radius 3 is 2.26 bits per heavy atom. The number of carbonyl (C=O) groups excluding carboxylic acids is 3. The number of cyclic esters (lactones) is 1. The number of hydrogen-bond donors (Lipinski definition) is 1. The zero-order chi connectivity index (χ0) is 37.3. The number of ether oxygens (including phenoxy) is 3. The first-order chi connectivity index (χ1) is 25.6. The molecule has 3 aliphatic heterocycles. The fourth-order valence-corrected chi connectivity index (χ4v) is 8.74. The Morgan fingerprint density at radius 1 is 0.962 bits per heavy atom. The number of fused-ring (bicyclic) bond motifs is 2. The van der Waals surface area contributed by atoms with Crippen LogP contribution in [0, 0.1) is 11.8 Å². The third-order valence-corrected chi connectivity index (χ3v) is 11.4. The SMILES string of the molecule is COc1ccc(C(C)(C)[C@H]2[C@H](CC(=O)N(CCO)Cc3ccccc3)O[C@@]3(C(=O)N(Cc4ccccc4)c4ccc(N5CCOC5=O)cc43)[C@@H]2C)cc1. The van der Waals surface area contributed by atoms with Gasteiger partial charge in [0.25, 0.3) is 5.91 Å². The lowest BCUT2D eigenvalue weighted by atomic mass is 9.63. The number of anilines is 2. The molecule has 276 valence electrons. The Labute approximate surface area is 310 Å². The standard InChI is InChI=1S/C43H47N3O7/c1-29-39(42(2,3)32-15-18-34(51-4)19-16-32)37(26-38(48)44(21-23-47)27-30-11-7-5-8-12-30)53-43(29)35-25-33(45-22-24-52-41(45)50)17-20-36(35)46(40(43)49)28-31-13-9-6-10-14-31/h5-20,25,29,37,39,47H,21-24,26-28H2,1-4H3/t29-,37+,39-,43+/m1/s1. The third kappa shape index (κ3) is 6.55. The average Bonchev–Trinajstić information content (AvgIpc) is 3.80. The van der Waals surface area contributed by atoms with Gasteiger partial charge in [-0.05, 0) is 52.4 Å². The topological polar surface area (TPSA) is 109 Å². The van der Waals surface area contributed by atoms with Crippen molar-refractivity contribution in [3.8, 4) is 5.75 Å². The molecule has 4 atom stereocenters. The van der Waals surface area contributed by atoms with Crippen molar-refractivity contribution in [2.45, 2.75) is 57.4 Å². The van der Waals surface area contributed by atoms with Crippen molar-refractivity contribution in [1.29, 1.82) is 0 Å². The average molecular weight is 718 g/mol. The zero-order valence-electron chi connectivity index (χ0n) is 30.7. The van der Waals surface area contributed by atoms with Crippen LogP contribution < -0.4 is 14.5 Å². The molecule has 3 heterocycles. The third-order valence-electron chi connectivity index (χ3n) is 11.4. The van der Waals surface area contributed by atoms with Crippen LogP contribution in [0.2, 0.25) is 0 Å². The molecule has 10 heteroatoms. The molecule has 0 aromatic heterocycles. The Morgan fingerprint density at radius 2 is 1.64 bits per heavy atom. The number of hydrogen-bond acceptors (Lipinski definition) is 7. The molecule has 2 saturated heterocycles. The molecule has 0 unspecified atom stereocenters. The van der Waals surface area contributed by atoms with E-state index in [1.54, 1.807) is 21.8 Å². The van der Waals surface area contributed by atoms with Crippen molar-refractivity contribution in [2.24, 2.45) is 11.8 Å². The van der Waals surface area contributed by atoms with E-state index in [1.165, 1.54) is 0 Å². The molecular weight excluding hydrogens is 670 g/mol. The minimum absolute atomic E-state index is 0.00259. The Bertz CT molecular complexity index is 1950. The molecule has 4 aromatic carbocycles. The maximum Gasteiger partial charge on any atom is 0.414 e. The molecule has 10 nitrogen and oxygen atoms in total. The largest absolute Gasteiger partial charge is 0.497 e. The van der Waals surface area contributed by atoms with Crippen LogP contribution in [0.3, 0.4) is 0 Å². The first kappa shape index (κ1) is 36.2. The van der Waals surface area contributed by atoms with Crippen molar-refractivity contribution in [3.05, 3.63) is 125 Å². The molecule has 4 aromatic rings. The van der Waals surface area contributed by atoms with E-state index in [2.05, 4.69) is 20.8 Å². The van der Waals surface area contributed by atoms with Crippen LogP contribution in [0.15, 0.2) is 103 Å². The summed E-state index contributed by atoms with van der Waals surface area (Å²) >= 11 is 0. The second kappa shape index (κ2) is 14.7. The predicted octanol–water partition coefficient (Wildman–Crippen LogP) is 6.43. The predicted molar refractivity (Wildman–Crippen MR) is 202 cm³/mol.